The lowest BCUT2D eigenvalue weighted by molar-refractivity contribution is -0.137. The summed E-state index contributed by atoms with van der Waals surface area (Å²) in [4.78, 5) is 29.6. The number of likely N-dealkylation sites (tertiary alicyclic amines) is 1. The number of carbonyl (C=O) groups excluding carboxylic acids is 2. The van der Waals surface area contributed by atoms with E-state index in [1.54, 1.807) is 0 Å². The van der Waals surface area contributed by atoms with Gasteiger partial charge >= 0.3 is 0 Å². The number of likely N-dealkylation sites (N-methyl/N-ethyl adjacent to an activating group) is 1. The lowest BCUT2D eigenvalue weighted by Gasteiger charge is -2.36. The molecule has 0 spiro atoms. The molecular formula is C23H35N3O2. The van der Waals surface area contributed by atoms with Crippen LogP contribution in [0.25, 0.3) is 0 Å². The van der Waals surface area contributed by atoms with Crippen molar-refractivity contribution in [3.8, 4) is 0 Å². The number of hydrogen-bond donors (Lipinski definition) is 1. The molecule has 1 saturated carbocycles. The Balaban J connectivity index is 1.49. The SMILES string of the molecule is CN(C)C(Cc1ccccc1)C(=O)N1CCC(NC(=O)C2CCCCC2)CC1. The molecule has 1 heterocycles. The molecule has 0 aromatic heterocycles. The van der Waals surface area contributed by atoms with Gasteiger partial charge in [0, 0.05) is 25.0 Å². The Morgan fingerprint density at radius 1 is 1.04 bits per heavy atom. The zero-order valence-corrected chi connectivity index (χ0v) is 17.4. The van der Waals surface area contributed by atoms with Crippen LogP contribution in [0.2, 0.25) is 0 Å². The van der Waals surface area contributed by atoms with Gasteiger partial charge in [-0.2, -0.15) is 0 Å². The van der Waals surface area contributed by atoms with Gasteiger partial charge in [-0.05, 0) is 51.8 Å². The monoisotopic (exact) mass is 385 g/mol. The number of hydrogen-bond acceptors (Lipinski definition) is 3. The predicted octanol–water partition coefficient (Wildman–Crippen LogP) is 2.85. The summed E-state index contributed by atoms with van der Waals surface area (Å²) in [5, 5.41) is 3.25. The van der Waals surface area contributed by atoms with Crippen LogP contribution in [0.15, 0.2) is 30.3 Å². The molecule has 1 aromatic rings. The van der Waals surface area contributed by atoms with Gasteiger partial charge in [0.05, 0.1) is 6.04 Å². The van der Waals surface area contributed by atoms with Crippen LogP contribution < -0.4 is 5.32 Å². The molecular weight excluding hydrogens is 350 g/mol. The van der Waals surface area contributed by atoms with Gasteiger partial charge < -0.3 is 10.2 Å². The van der Waals surface area contributed by atoms with Crippen LogP contribution in [0.5, 0.6) is 0 Å². The number of nitrogens with one attached hydrogen (secondary N) is 1. The summed E-state index contributed by atoms with van der Waals surface area (Å²) in [5.41, 5.74) is 1.18. The van der Waals surface area contributed by atoms with E-state index in [2.05, 4.69) is 17.4 Å². The van der Waals surface area contributed by atoms with Crippen LogP contribution in [0.4, 0.5) is 0 Å². The van der Waals surface area contributed by atoms with Crippen molar-refractivity contribution in [3.05, 3.63) is 35.9 Å². The average molecular weight is 386 g/mol. The van der Waals surface area contributed by atoms with E-state index in [4.69, 9.17) is 0 Å². The fraction of sp³-hybridized carbons (Fsp3) is 0.652. The van der Waals surface area contributed by atoms with Gasteiger partial charge in [-0.15, -0.1) is 0 Å². The van der Waals surface area contributed by atoms with Gasteiger partial charge in [0.2, 0.25) is 11.8 Å². The third-order valence-corrected chi connectivity index (χ3v) is 6.31. The highest BCUT2D eigenvalue weighted by Crippen LogP contribution is 2.24. The Morgan fingerprint density at radius 2 is 1.68 bits per heavy atom. The van der Waals surface area contributed by atoms with Crippen molar-refractivity contribution in [2.75, 3.05) is 27.2 Å². The molecule has 0 radical (unpaired) electrons. The van der Waals surface area contributed by atoms with Gasteiger partial charge in [-0.3, -0.25) is 14.5 Å². The molecule has 1 aliphatic heterocycles. The molecule has 1 aliphatic carbocycles. The third-order valence-electron chi connectivity index (χ3n) is 6.31. The van der Waals surface area contributed by atoms with Crippen molar-refractivity contribution >= 4 is 11.8 Å². The van der Waals surface area contributed by atoms with E-state index < -0.39 is 0 Å². The lowest BCUT2D eigenvalue weighted by Crippen LogP contribution is -2.53. The van der Waals surface area contributed by atoms with Crippen LogP contribution in [0.1, 0.15) is 50.5 Å². The Bertz CT molecular complexity index is 633. The standard InChI is InChI=1S/C23H35N3O2/c1-25(2)21(17-18-9-5-3-6-10-18)23(28)26-15-13-20(14-16-26)24-22(27)19-11-7-4-8-12-19/h3,5-6,9-10,19-21H,4,7-8,11-17H2,1-2H3,(H,24,27). The molecule has 2 fully saturated rings. The van der Waals surface area contributed by atoms with Crippen molar-refractivity contribution < 1.29 is 9.59 Å². The van der Waals surface area contributed by atoms with Gasteiger partial charge in [-0.1, -0.05) is 49.6 Å². The summed E-state index contributed by atoms with van der Waals surface area (Å²) in [6.07, 6.45) is 8.13. The van der Waals surface area contributed by atoms with Crippen molar-refractivity contribution in [2.45, 2.75) is 63.5 Å². The van der Waals surface area contributed by atoms with Crippen LogP contribution in [-0.4, -0.2) is 60.9 Å². The Hall–Kier alpha value is -1.88. The number of piperidine rings is 1. The zero-order valence-electron chi connectivity index (χ0n) is 17.4. The summed E-state index contributed by atoms with van der Waals surface area (Å²) < 4.78 is 0. The van der Waals surface area contributed by atoms with E-state index in [9.17, 15) is 9.59 Å². The van der Waals surface area contributed by atoms with Crippen LogP contribution >= 0.6 is 0 Å². The Kier molecular flexibility index (Phi) is 7.49. The second-order valence-corrected chi connectivity index (χ2v) is 8.61. The van der Waals surface area contributed by atoms with E-state index in [0.717, 1.165) is 45.2 Å². The maximum absolute atomic E-state index is 13.1. The molecule has 0 bridgehead atoms. The second-order valence-electron chi connectivity index (χ2n) is 8.61. The van der Waals surface area contributed by atoms with Gasteiger partial charge in [0.15, 0.2) is 0 Å². The summed E-state index contributed by atoms with van der Waals surface area (Å²) >= 11 is 0. The predicted molar refractivity (Wildman–Crippen MR) is 112 cm³/mol. The molecule has 2 amide bonds. The normalized spacial score (nSPS) is 20.2. The van der Waals surface area contributed by atoms with Crippen molar-refractivity contribution in [3.63, 3.8) is 0 Å². The second kappa shape index (κ2) is 10.1. The van der Waals surface area contributed by atoms with Gasteiger partial charge in [0.25, 0.3) is 0 Å². The highest BCUT2D eigenvalue weighted by atomic mass is 16.2. The summed E-state index contributed by atoms with van der Waals surface area (Å²) in [6.45, 7) is 1.46. The van der Waals surface area contributed by atoms with Crippen molar-refractivity contribution in [1.82, 2.24) is 15.1 Å². The molecule has 2 aliphatic rings. The largest absolute Gasteiger partial charge is 0.353 e. The fourth-order valence-corrected chi connectivity index (χ4v) is 4.47. The molecule has 1 unspecified atom stereocenters. The Labute approximate surface area is 169 Å². The highest BCUT2D eigenvalue weighted by Gasteiger charge is 2.31. The summed E-state index contributed by atoms with van der Waals surface area (Å²) in [6, 6.07) is 10.3. The first kappa shape index (κ1) is 20.8. The minimum absolute atomic E-state index is 0.143. The average Bonchev–Trinajstić information content (AvgIpc) is 2.73. The molecule has 3 rings (SSSR count). The first-order chi connectivity index (χ1) is 13.5. The lowest BCUT2D eigenvalue weighted by atomic mass is 9.88. The topological polar surface area (TPSA) is 52.7 Å². The van der Waals surface area contributed by atoms with Crippen LogP contribution in [-0.2, 0) is 16.0 Å². The van der Waals surface area contributed by atoms with E-state index in [1.807, 2.05) is 42.1 Å². The van der Waals surface area contributed by atoms with Gasteiger partial charge in [-0.25, -0.2) is 0 Å². The molecule has 5 heteroatoms. The van der Waals surface area contributed by atoms with Crippen molar-refractivity contribution in [2.24, 2.45) is 5.92 Å². The van der Waals surface area contributed by atoms with Gasteiger partial charge in [0.1, 0.15) is 0 Å². The van der Waals surface area contributed by atoms with E-state index >= 15 is 0 Å². The molecule has 154 valence electrons. The fourth-order valence-electron chi connectivity index (χ4n) is 4.47. The van der Waals surface area contributed by atoms with E-state index in [-0.39, 0.29) is 29.8 Å². The number of carbonyl (C=O) groups is 2. The molecule has 1 atom stereocenters. The number of nitrogens with zero attached hydrogens (tertiary/aromatic N) is 2. The summed E-state index contributed by atoms with van der Waals surface area (Å²) in [5.74, 6) is 0.642. The third kappa shape index (κ3) is 5.57. The zero-order chi connectivity index (χ0) is 19.9. The smallest absolute Gasteiger partial charge is 0.240 e. The van der Waals surface area contributed by atoms with Crippen molar-refractivity contribution in [1.29, 1.82) is 0 Å². The maximum atomic E-state index is 13.1. The first-order valence-electron chi connectivity index (χ1n) is 10.8. The minimum Gasteiger partial charge on any atom is -0.353 e. The van der Waals surface area contributed by atoms with Crippen LogP contribution in [0, 0.1) is 5.92 Å². The van der Waals surface area contributed by atoms with E-state index in [1.165, 1.54) is 24.8 Å². The first-order valence-corrected chi connectivity index (χ1v) is 10.8. The molecule has 28 heavy (non-hydrogen) atoms. The quantitative estimate of drug-likeness (QED) is 0.819. The number of benzene rings is 1. The molecule has 5 nitrogen and oxygen atoms in total. The highest BCUT2D eigenvalue weighted by molar-refractivity contribution is 5.82. The number of amides is 2. The summed E-state index contributed by atoms with van der Waals surface area (Å²) in [7, 11) is 3.95. The Morgan fingerprint density at radius 3 is 2.29 bits per heavy atom. The van der Waals surface area contributed by atoms with E-state index in [0.29, 0.717) is 0 Å². The van der Waals surface area contributed by atoms with Crippen LogP contribution in [0.3, 0.4) is 0 Å². The maximum Gasteiger partial charge on any atom is 0.240 e. The molecule has 1 aromatic carbocycles. The number of rotatable bonds is 6. The molecule has 1 saturated heterocycles. The molecule has 1 N–H and O–H groups in total. The minimum atomic E-state index is -0.143.